The summed E-state index contributed by atoms with van der Waals surface area (Å²) in [6.07, 6.45) is 1.90. The van der Waals surface area contributed by atoms with E-state index < -0.39 is 11.6 Å². The van der Waals surface area contributed by atoms with Gasteiger partial charge in [-0.2, -0.15) is 5.84 Å². The van der Waals surface area contributed by atoms with Crippen molar-refractivity contribution >= 4 is 28.4 Å². The molecule has 4 aromatic rings. The summed E-state index contributed by atoms with van der Waals surface area (Å²) in [5, 5.41) is 0.949. The average Bonchev–Trinajstić information content (AvgIpc) is 2.99. The molecule has 4 rings (SSSR count). The molecule has 0 aliphatic rings. The van der Waals surface area contributed by atoms with E-state index in [0.717, 1.165) is 21.9 Å². The first-order chi connectivity index (χ1) is 13.5. The Bertz CT molecular complexity index is 1170. The lowest BCUT2D eigenvalue weighted by Gasteiger charge is -2.06. The van der Waals surface area contributed by atoms with Crippen LogP contribution in [0, 0.1) is 22.6 Å². The summed E-state index contributed by atoms with van der Waals surface area (Å²) in [4.78, 5) is 13.6. The van der Waals surface area contributed by atoms with Crippen LogP contribution in [-0.2, 0) is 6.54 Å². The van der Waals surface area contributed by atoms with Crippen molar-refractivity contribution in [1.29, 1.82) is 0 Å². The molecule has 0 fully saturated rings. The van der Waals surface area contributed by atoms with Crippen LogP contribution >= 0.6 is 11.8 Å². The van der Waals surface area contributed by atoms with E-state index in [4.69, 9.17) is 5.84 Å². The third kappa shape index (κ3) is 3.61. The Kier molecular flexibility index (Phi) is 4.83. The molecule has 0 bridgehead atoms. The number of nitroso groups, excluding NO2 is 1. The maximum atomic E-state index is 13.6. The van der Waals surface area contributed by atoms with E-state index in [1.165, 1.54) is 23.9 Å². The fourth-order valence-corrected chi connectivity index (χ4v) is 4.21. The van der Waals surface area contributed by atoms with Crippen LogP contribution in [0.2, 0.25) is 0 Å². The standard InChI is InChI=1S/C21H15F2N3OS/c22-15-9-14(10-16(23)11-15)12-25-13-21(17-5-1-2-6-18(17)25)28-20-8-4-3-7-19(20)26(24)27/h1,3-11,13H,12H2,(H2,24,27)/q+1. The van der Waals surface area contributed by atoms with E-state index in [2.05, 4.69) is 6.07 Å². The van der Waals surface area contributed by atoms with Gasteiger partial charge in [-0.05, 0) is 35.9 Å². The molecule has 0 saturated carbocycles. The first-order valence-electron chi connectivity index (χ1n) is 8.44. The van der Waals surface area contributed by atoms with Crippen LogP contribution in [0.25, 0.3) is 10.9 Å². The summed E-state index contributed by atoms with van der Waals surface area (Å²) in [5.41, 5.74) is 1.75. The number of halogens is 2. The molecule has 0 aliphatic heterocycles. The Balaban J connectivity index is 1.76. The van der Waals surface area contributed by atoms with Crippen molar-refractivity contribution in [3.05, 3.63) is 95.0 Å². The molecular weight excluding hydrogens is 380 g/mol. The summed E-state index contributed by atoms with van der Waals surface area (Å²) < 4.78 is 29.0. The van der Waals surface area contributed by atoms with Crippen molar-refractivity contribution in [2.24, 2.45) is 5.84 Å². The topological polar surface area (TPSA) is 51.0 Å². The van der Waals surface area contributed by atoms with Crippen molar-refractivity contribution in [1.82, 2.24) is 4.57 Å². The highest BCUT2D eigenvalue weighted by Crippen LogP contribution is 2.38. The van der Waals surface area contributed by atoms with E-state index in [1.807, 2.05) is 35.0 Å². The minimum Gasteiger partial charge on any atom is -0.342 e. The molecule has 0 amide bonds. The lowest BCUT2D eigenvalue weighted by Crippen LogP contribution is -2.09. The highest BCUT2D eigenvalue weighted by molar-refractivity contribution is 7.99. The number of hydrogen-bond acceptors (Lipinski definition) is 2. The molecule has 1 aromatic heterocycles. The van der Waals surface area contributed by atoms with Crippen LogP contribution in [0.1, 0.15) is 5.56 Å². The molecule has 4 nitrogen and oxygen atoms in total. The molecule has 3 aromatic carbocycles. The summed E-state index contributed by atoms with van der Waals surface area (Å²) in [6.45, 7) is 0.301. The number of nitrogens with zero attached hydrogens (tertiary/aromatic N) is 2. The van der Waals surface area contributed by atoms with Crippen molar-refractivity contribution in [2.45, 2.75) is 16.3 Å². The van der Waals surface area contributed by atoms with Crippen LogP contribution < -0.4 is 5.84 Å². The second-order valence-corrected chi connectivity index (χ2v) is 7.32. The fraction of sp³-hybridized carbons (Fsp3) is 0.0476. The zero-order chi connectivity index (χ0) is 19.7. The molecule has 2 N–H and O–H groups in total. The van der Waals surface area contributed by atoms with Gasteiger partial charge in [0.05, 0.1) is 15.3 Å². The molecule has 1 heterocycles. The lowest BCUT2D eigenvalue weighted by molar-refractivity contribution is -0.477. The number of para-hydroxylation sites is 1. The molecule has 139 valence electrons. The number of nitrogens with two attached hydrogens (primary N) is 1. The van der Waals surface area contributed by atoms with Crippen LogP contribution in [0.4, 0.5) is 14.5 Å². The Hall–Kier alpha value is -3.19. The van der Waals surface area contributed by atoms with Crippen LogP contribution in [0.5, 0.6) is 0 Å². The van der Waals surface area contributed by atoms with E-state index in [1.54, 1.807) is 18.2 Å². The van der Waals surface area contributed by atoms with E-state index in [0.29, 0.717) is 27.6 Å². The number of rotatable bonds is 5. The molecule has 0 unspecified atom stereocenters. The minimum absolute atomic E-state index is 0.301. The second kappa shape index (κ2) is 7.44. The summed E-state index contributed by atoms with van der Waals surface area (Å²) in [6, 6.07) is 19.1. The Morgan fingerprint density at radius 2 is 1.82 bits per heavy atom. The second-order valence-electron chi connectivity index (χ2n) is 6.24. The fourth-order valence-electron chi connectivity index (χ4n) is 3.10. The van der Waals surface area contributed by atoms with Gasteiger partial charge in [0.25, 0.3) is 0 Å². The first kappa shape index (κ1) is 18.2. The van der Waals surface area contributed by atoms with Crippen molar-refractivity contribution in [3.63, 3.8) is 0 Å². The van der Waals surface area contributed by atoms with Gasteiger partial charge in [0, 0.05) is 35.2 Å². The van der Waals surface area contributed by atoms with Crippen molar-refractivity contribution in [2.75, 3.05) is 0 Å². The lowest BCUT2D eigenvalue weighted by atomic mass is 10.2. The quantitative estimate of drug-likeness (QED) is 0.287. The largest absolute Gasteiger partial charge is 0.342 e. The molecule has 28 heavy (non-hydrogen) atoms. The zero-order valence-corrected chi connectivity index (χ0v) is 15.4. The van der Waals surface area contributed by atoms with Gasteiger partial charge in [-0.3, -0.25) is 0 Å². The third-order valence-electron chi connectivity index (χ3n) is 4.29. The predicted octanol–water partition coefficient (Wildman–Crippen LogP) is 5.20. The van der Waals surface area contributed by atoms with Gasteiger partial charge in [-0.25, -0.2) is 8.78 Å². The van der Waals surface area contributed by atoms with Gasteiger partial charge in [-0.1, -0.05) is 36.0 Å². The van der Waals surface area contributed by atoms with Crippen LogP contribution in [0.15, 0.2) is 76.7 Å². The molecule has 0 aliphatic carbocycles. The molecular formula is C21H15F2N3OS+. The predicted molar refractivity (Wildman–Crippen MR) is 104 cm³/mol. The van der Waals surface area contributed by atoms with Gasteiger partial charge < -0.3 is 4.57 Å². The maximum Gasteiger partial charge on any atom is 0.305 e. The molecule has 0 saturated heterocycles. The Morgan fingerprint density at radius 3 is 2.57 bits per heavy atom. The average molecular weight is 395 g/mol. The van der Waals surface area contributed by atoms with Gasteiger partial charge >= 0.3 is 5.69 Å². The number of aromatic nitrogens is 1. The maximum absolute atomic E-state index is 13.6. The van der Waals surface area contributed by atoms with E-state index in [-0.39, 0.29) is 0 Å². The smallest absolute Gasteiger partial charge is 0.305 e. The summed E-state index contributed by atoms with van der Waals surface area (Å²) in [7, 11) is 0. The highest BCUT2D eigenvalue weighted by Gasteiger charge is 2.18. The third-order valence-corrected chi connectivity index (χ3v) is 5.40. The normalized spacial score (nSPS) is 11.1. The van der Waals surface area contributed by atoms with Gasteiger partial charge in [0.1, 0.15) is 11.6 Å². The molecule has 7 heteroatoms. The first-order valence-corrected chi connectivity index (χ1v) is 9.25. The van der Waals surface area contributed by atoms with Crippen LogP contribution in [-0.4, -0.2) is 9.44 Å². The number of hydrazine groups is 1. The molecule has 0 spiro atoms. The summed E-state index contributed by atoms with van der Waals surface area (Å²) in [5.74, 6) is 4.18. The Morgan fingerprint density at radius 1 is 1.07 bits per heavy atom. The zero-order valence-electron chi connectivity index (χ0n) is 14.6. The van der Waals surface area contributed by atoms with Crippen LogP contribution in [0.3, 0.4) is 0 Å². The van der Waals surface area contributed by atoms with E-state index >= 15 is 0 Å². The number of hydrogen-bond donors (Lipinski definition) is 1. The highest BCUT2D eigenvalue weighted by atomic mass is 32.2. The van der Waals surface area contributed by atoms with Gasteiger partial charge in [-0.15, -0.1) is 0 Å². The number of fused-ring (bicyclic) bond motifs is 1. The van der Waals surface area contributed by atoms with E-state index in [9.17, 15) is 13.7 Å². The van der Waals surface area contributed by atoms with Crippen molar-refractivity contribution in [3.8, 4) is 0 Å². The SMILES string of the molecule is N[N+](=O)c1ccccc1Sc1cn(Cc2cc(F)cc(F)c2)c2c[c]ccc12. The van der Waals surface area contributed by atoms with Gasteiger partial charge in [0.15, 0.2) is 4.87 Å². The number of benzene rings is 3. The molecule has 0 atom stereocenters. The monoisotopic (exact) mass is 395 g/mol. The van der Waals surface area contributed by atoms with Gasteiger partial charge in [0.2, 0.25) is 0 Å². The Labute approximate surface area is 164 Å². The van der Waals surface area contributed by atoms with Crippen molar-refractivity contribution < 1.29 is 13.6 Å². The minimum atomic E-state index is -0.611. The molecule has 1 radical (unpaired) electrons. The summed E-state index contributed by atoms with van der Waals surface area (Å²) >= 11 is 1.41.